The molecule has 0 aliphatic carbocycles. The van der Waals surface area contributed by atoms with E-state index in [1.807, 2.05) is 54.6 Å². The molecule has 2 amide bonds. The average molecular weight is 549 g/mol. The van der Waals surface area contributed by atoms with Crippen LogP contribution < -0.4 is 14.8 Å². The first-order valence-corrected chi connectivity index (χ1v) is 13.2. The predicted octanol–water partition coefficient (Wildman–Crippen LogP) is 5.54. The van der Waals surface area contributed by atoms with Gasteiger partial charge < -0.3 is 14.8 Å². The van der Waals surface area contributed by atoms with Crippen LogP contribution in [0.3, 0.4) is 0 Å². The quantitative estimate of drug-likeness (QED) is 0.417. The SMILES string of the molecule is COc1cc(NC(=O)C[C@H]2SC(N3N=C(c4ccc(Cl)cc4)C[C@@H]3c3ccccc3)=NC2=O)cc(OC)c1. The van der Waals surface area contributed by atoms with E-state index in [9.17, 15) is 9.59 Å². The highest BCUT2D eigenvalue weighted by molar-refractivity contribution is 8.15. The van der Waals surface area contributed by atoms with Crippen LogP contribution in [0.2, 0.25) is 5.02 Å². The van der Waals surface area contributed by atoms with Gasteiger partial charge in [0.1, 0.15) is 16.7 Å². The molecule has 0 saturated carbocycles. The Balaban J connectivity index is 1.32. The van der Waals surface area contributed by atoms with E-state index >= 15 is 0 Å². The van der Waals surface area contributed by atoms with Crippen LogP contribution in [0.5, 0.6) is 11.5 Å². The van der Waals surface area contributed by atoms with Gasteiger partial charge in [0, 0.05) is 41.8 Å². The second kappa shape index (κ2) is 11.3. The van der Waals surface area contributed by atoms with Gasteiger partial charge in [-0.15, -0.1) is 0 Å². The molecule has 2 atom stereocenters. The van der Waals surface area contributed by atoms with E-state index in [0.717, 1.165) is 16.8 Å². The molecule has 5 rings (SSSR count). The molecule has 38 heavy (non-hydrogen) atoms. The number of hydrazone groups is 1. The first-order chi connectivity index (χ1) is 18.4. The zero-order chi connectivity index (χ0) is 26.6. The minimum Gasteiger partial charge on any atom is -0.497 e. The monoisotopic (exact) mass is 548 g/mol. The van der Waals surface area contributed by atoms with E-state index in [1.54, 1.807) is 23.2 Å². The first kappa shape index (κ1) is 25.8. The fourth-order valence-corrected chi connectivity index (χ4v) is 5.49. The highest BCUT2D eigenvalue weighted by atomic mass is 35.5. The van der Waals surface area contributed by atoms with Crippen molar-refractivity contribution in [3.63, 3.8) is 0 Å². The Morgan fingerprint density at radius 2 is 1.74 bits per heavy atom. The maximum absolute atomic E-state index is 12.8. The van der Waals surface area contributed by atoms with E-state index in [2.05, 4.69) is 10.3 Å². The van der Waals surface area contributed by atoms with Crippen LogP contribution >= 0.6 is 23.4 Å². The Bertz CT molecular complexity index is 1390. The number of aliphatic imine (C=N–C) groups is 1. The summed E-state index contributed by atoms with van der Waals surface area (Å²) < 4.78 is 10.5. The van der Waals surface area contributed by atoms with Gasteiger partial charge in [0.15, 0.2) is 5.17 Å². The smallest absolute Gasteiger partial charge is 0.262 e. The van der Waals surface area contributed by atoms with Crippen molar-refractivity contribution < 1.29 is 19.1 Å². The van der Waals surface area contributed by atoms with E-state index in [1.165, 1.54) is 26.0 Å². The number of carbonyl (C=O) groups is 2. The molecule has 194 valence electrons. The molecular weight excluding hydrogens is 524 g/mol. The summed E-state index contributed by atoms with van der Waals surface area (Å²) in [5, 5.41) is 9.96. The molecule has 0 aromatic heterocycles. The molecule has 2 aliphatic heterocycles. The van der Waals surface area contributed by atoms with E-state index in [4.69, 9.17) is 26.2 Å². The highest BCUT2D eigenvalue weighted by Crippen LogP contribution is 2.38. The first-order valence-electron chi connectivity index (χ1n) is 11.9. The molecule has 0 bridgehead atoms. The lowest BCUT2D eigenvalue weighted by Gasteiger charge is -2.23. The molecule has 0 fully saturated rings. The van der Waals surface area contributed by atoms with Crippen LogP contribution in [0.4, 0.5) is 5.69 Å². The van der Waals surface area contributed by atoms with Crippen molar-refractivity contribution in [2.24, 2.45) is 10.1 Å². The third kappa shape index (κ3) is 5.69. The third-order valence-corrected chi connectivity index (χ3v) is 7.60. The number of methoxy groups -OCH3 is 2. The molecule has 2 heterocycles. The maximum atomic E-state index is 12.8. The second-order valence-corrected chi connectivity index (χ2v) is 10.3. The predicted molar refractivity (Wildman–Crippen MR) is 150 cm³/mol. The number of halogens is 1. The van der Waals surface area contributed by atoms with Gasteiger partial charge in [0.2, 0.25) is 5.91 Å². The topological polar surface area (TPSA) is 92.6 Å². The zero-order valence-corrected chi connectivity index (χ0v) is 22.3. The normalized spacial score (nSPS) is 18.7. The van der Waals surface area contributed by atoms with E-state index in [0.29, 0.717) is 33.8 Å². The number of hydrogen-bond acceptors (Lipinski definition) is 7. The Labute approximate surface area is 229 Å². The number of hydrogen-bond donors (Lipinski definition) is 1. The number of anilines is 1. The number of amides is 2. The van der Waals surface area contributed by atoms with Gasteiger partial charge in [-0.2, -0.15) is 10.1 Å². The Kier molecular flexibility index (Phi) is 7.67. The van der Waals surface area contributed by atoms with Gasteiger partial charge in [-0.25, -0.2) is 5.01 Å². The molecule has 0 saturated heterocycles. The highest BCUT2D eigenvalue weighted by Gasteiger charge is 2.39. The number of benzene rings is 3. The standard InChI is InChI=1S/C28H25ClN4O4S/c1-36-21-12-20(13-22(14-21)37-2)30-26(34)16-25-27(35)31-28(38-25)33-24(18-6-4-3-5-7-18)15-23(32-33)17-8-10-19(29)11-9-17/h3-14,24-25H,15-16H2,1-2H3,(H,30,34)/t24-,25-/m1/s1. The van der Waals surface area contributed by atoms with Crippen molar-refractivity contribution in [1.29, 1.82) is 0 Å². The molecule has 3 aromatic carbocycles. The lowest BCUT2D eigenvalue weighted by Crippen LogP contribution is -2.25. The second-order valence-electron chi connectivity index (χ2n) is 8.72. The molecule has 3 aromatic rings. The van der Waals surface area contributed by atoms with Crippen LogP contribution in [-0.4, -0.2) is 47.2 Å². The van der Waals surface area contributed by atoms with E-state index in [-0.39, 0.29) is 24.3 Å². The summed E-state index contributed by atoms with van der Waals surface area (Å²) in [7, 11) is 3.07. The Hall–Kier alpha value is -3.82. The lowest BCUT2D eigenvalue weighted by molar-refractivity contribution is -0.121. The average Bonchev–Trinajstić information content (AvgIpc) is 3.53. The summed E-state index contributed by atoms with van der Waals surface area (Å²) in [4.78, 5) is 30.0. The summed E-state index contributed by atoms with van der Waals surface area (Å²) in [5.41, 5.74) is 3.41. The van der Waals surface area contributed by atoms with Crippen LogP contribution in [0.15, 0.2) is 82.9 Å². The minimum absolute atomic E-state index is 0.0341. The fourth-order valence-electron chi connectivity index (χ4n) is 4.30. The number of ether oxygens (including phenoxy) is 2. The van der Waals surface area contributed by atoms with Crippen LogP contribution in [0.25, 0.3) is 0 Å². The Morgan fingerprint density at radius 1 is 1.05 bits per heavy atom. The Morgan fingerprint density at radius 3 is 2.39 bits per heavy atom. The number of thioether (sulfide) groups is 1. The van der Waals surface area contributed by atoms with E-state index < -0.39 is 5.25 Å². The molecule has 0 unspecified atom stereocenters. The molecule has 2 aliphatic rings. The van der Waals surface area contributed by atoms with Crippen molar-refractivity contribution >= 4 is 51.7 Å². The minimum atomic E-state index is -0.649. The van der Waals surface area contributed by atoms with Gasteiger partial charge in [-0.05, 0) is 23.3 Å². The summed E-state index contributed by atoms with van der Waals surface area (Å²) in [6.45, 7) is 0. The molecule has 0 spiro atoms. The summed E-state index contributed by atoms with van der Waals surface area (Å²) in [5.74, 6) is 0.429. The third-order valence-electron chi connectivity index (χ3n) is 6.20. The summed E-state index contributed by atoms with van der Waals surface area (Å²) in [6.07, 6.45) is 0.607. The molecular formula is C28H25ClN4O4S. The molecule has 1 N–H and O–H groups in total. The maximum Gasteiger partial charge on any atom is 0.262 e. The number of carbonyl (C=O) groups excluding carboxylic acids is 2. The molecule has 8 nitrogen and oxygen atoms in total. The molecule has 0 radical (unpaired) electrons. The van der Waals surface area contributed by atoms with Crippen molar-refractivity contribution in [3.8, 4) is 11.5 Å². The van der Waals surface area contributed by atoms with Crippen molar-refractivity contribution in [2.45, 2.75) is 24.1 Å². The van der Waals surface area contributed by atoms with Crippen molar-refractivity contribution in [3.05, 3.63) is 88.9 Å². The largest absolute Gasteiger partial charge is 0.497 e. The van der Waals surface area contributed by atoms with Gasteiger partial charge >= 0.3 is 0 Å². The summed E-state index contributed by atoms with van der Waals surface area (Å²) >= 11 is 7.33. The van der Waals surface area contributed by atoms with Crippen LogP contribution in [-0.2, 0) is 9.59 Å². The number of amidine groups is 1. The summed E-state index contributed by atoms with van der Waals surface area (Å²) in [6, 6.07) is 22.5. The number of nitrogens with one attached hydrogen (secondary N) is 1. The lowest BCUT2D eigenvalue weighted by atomic mass is 9.99. The van der Waals surface area contributed by atoms with Crippen molar-refractivity contribution in [1.82, 2.24) is 5.01 Å². The van der Waals surface area contributed by atoms with Crippen LogP contribution in [0.1, 0.15) is 30.0 Å². The van der Waals surface area contributed by atoms with Gasteiger partial charge in [0.05, 0.1) is 26.0 Å². The van der Waals surface area contributed by atoms with Crippen LogP contribution in [0, 0.1) is 0 Å². The van der Waals surface area contributed by atoms with Gasteiger partial charge in [-0.3, -0.25) is 9.59 Å². The molecule has 10 heteroatoms. The van der Waals surface area contributed by atoms with Gasteiger partial charge in [-0.1, -0.05) is 65.8 Å². The number of nitrogens with zero attached hydrogens (tertiary/aromatic N) is 3. The number of rotatable bonds is 7. The van der Waals surface area contributed by atoms with Crippen molar-refractivity contribution in [2.75, 3.05) is 19.5 Å². The fraction of sp³-hybridized carbons (Fsp3) is 0.214. The zero-order valence-electron chi connectivity index (χ0n) is 20.8. The van der Waals surface area contributed by atoms with Gasteiger partial charge in [0.25, 0.3) is 5.91 Å².